The van der Waals surface area contributed by atoms with E-state index in [2.05, 4.69) is 5.32 Å². The van der Waals surface area contributed by atoms with Crippen LogP contribution in [0.25, 0.3) is 0 Å². The van der Waals surface area contributed by atoms with Gasteiger partial charge in [0.05, 0.1) is 0 Å². The summed E-state index contributed by atoms with van der Waals surface area (Å²) in [5.41, 5.74) is 0.328. The summed E-state index contributed by atoms with van der Waals surface area (Å²) in [4.78, 5) is 0. The second-order valence-corrected chi connectivity index (χ2v) is 7.64. The molecule has 0 spiro atoms. The fourth-order valence-electron chi connectivity index (χ4n) is 6.07. The van der Waals surface area contributed by atoms with Crippen LogP contribution >= 0.6 is 0 Å². The van der Waals surface area contributed by atoms with Gasteiger partial charge >= 0.3 is 0 Å². The quantitative estimate of drug-likeness (QED) is 0.868. The Bertz CT molecular complexity index is 499. The Morgan fingerprint density at radius 3 is 1.90 bits per heavy atom. The van der Waals surface area contributed by atoms with Gasteiger partial charge in [-0.25, -0.2) is 8.78 Å². The van der Waals surface area contributed by atoms with Gasteiger partial charge in [-0.2, -0.15) is 0 Å². The van der Waals surface area contributed by atoms with Crippen LogP contribution in [0.5, 0.6) is 0 Å². The summed E-state index contributed by atoms with van der Waals surface area (Å²) in [5.74, 6) is 1.54. The summed E-state index contributed by atoms with van der Waals surface area (Å²) in [7, 11) is 1.86. The molecule has 5 rings (SSSR count). The number of nitrogens with one attached hydrogen (secondary N) is 1. The van der Waals surface area contributed by atoms with Gasteiger partial charge < -0.3 is 5.32 Å². The summed E-state index contributed by atoms with van der Waals surface area (Å²) in [6.07, 6.45) is 7.44. The van der Waals surface area contributed by atoms with Gasteiger partial charge in [-0.3, -0.25) is 0 Å². The maximum Gasteiger partial charge on any atom is 0.130 e. The van der Waals surface area contributed by atoms with Crippen molar-refractivity contribution >= 4 is 0 Å². The lowest BCUT2D eigenvalue weighted by molar-refractivity contribution is -0.0747. The first-order valence-corrected chi connectivity index (χ1v) is 8.22. The molecule has 1 unspecified atom stereocenters. The van der Waals surface area contributed by atoms with Crippen molar-refractivity contribution in [3.8, 4) is 0 Å². The second kappa shape index (κ2) is 4.77. The Balaban J connectivity index is 1.76. The van der Waals surface area contributed by atoms with Crippen molar-refractivity contribution in [2.45, 2.75) is 44.6 Å². The highest BCUT2D eigenvalue weighted by molar-refractivity contribution is 5.27. The zero-order valence-electron chi connectivity index (χ0n) is 12.5. The van der Waals surface area contributed by atoms with E-state index in [9.17, 15) is 8.78 Å². The zero-order chi connectivity index (χ0) is 14.6. The van der Waals surface area contributed by atoms with E-state index >= 15 is 0 Å². The summed E-state index contributed by atoms with van der Waals surface area (Å²) >= 11 is 0. The largest absolute Gasteiger partial charge is 0.312 e. The number of hydrogen-bond acceptors (Lipinski definition) is 1. The standard InChI is InChI=1S/C18H23F2N/c1-21-17(16-14(19)3-2-4-15(16)20)18-8-11-5-12(9-18)7-13(6-11)10-18/h2-4,11-13,17,21H,5-10H2,1H3. The van der Waals surface area contributed by atoms with Crippen LogP contribution in [0.15, 0.2) is 18.2 Å². The van der Waals surface area contributed by atoms with Crippen molar-refractivity contribution in [3.05, 3.63) is 35.4 Å². The lowest BCUT2D eigenvalue weighted by Gasteiger charge is -2.59. The fraction of sp³-hybridized carbons (Fsp3) is 0.667. The summed E-state index contributed by atoms with van der Waals surface area (Å²) in [6.45, 7) is 0. The van der Waals surface area contributed by atoms with Crippen LogP contribution < -0.4 is 5.32 Å². The van der Waals surface area contributed by atoms with Crippen LogP contribution in [-0.4, -0.2) is 7.05 Å². The van der Waals surface area contributed by atoms with E-state index in [1.54, 1.807) is 0 Å². The minimum atomic E-state index is -0.398. The fourth-order valence-corrected chi connectivity index (χ4v) is 6.07. The van der Waals surface area contributed by atoms with Crippen molar-refractivity contribution in [2.75, 3.05) is 7.05 Å². The number of benzene rings is 1. The first-order chi connectivity index (χ1) is 10.1. The van der Waals surface area contributed by atoms with E-state index in [0.29, 0.717) is 0 Å². The summed E-state index contributed by atoms with van der Waals surface area (Å²) in [5, 5.41) is 3.28. The Morgan fingerprint density at radius 1 is 1.00 bits per heavy atom. The van der Waals surface area contributed by atoms with E-state index in [-0.39, 0.29) is 17.0 Å². The maximum atomic E-state index is 14.3. The SMILES string of the molecule is CNC(c1c(F)cccc1F)C12CC3CC(CC(C3)C1)C2. The van der Waals surface area contributed by atoms with E-state index in [1.807, 2.05) is 7.05 Å². The highest BCUT2D eigenvalue weighted by atomic mass is 19.1. The molecule has 4 bridgehead atoms. The monoisotopic (exact) mass is 291 g/mol. The van der Waals surface area contributed by atoms with Crippen LogP contribution in [0, 0.1) is 34.8 Å². The molecule has 1 N–H and O–H groups in total. The highest BCUT2D eigenvalue weighted by Gasteiger charge is 2.54. The topological polar surface area (TPSA) is 12.0 Å². The molecule has 0 aliphatic heterocycles. The van der Waals surface area contributed by atoms with Crippen molar-refractivity contribution < 1.29 is 8.78 Å². The van der Waals surface area contributed by atoms with Crippen molar-refractivity contribution in [3.63, 3.8) is 0 Å². The molecule has 4 fully saturated rings. The molecular formula is C18H23F2N. The van der Waals surface area contributed by atoms with Gasteiger partial charge in [-0.05, 0) is 80.9 Å². The molecule has 1 atom stereocenters. The Hall–Kier alpha value is -0.960. The van der Waals surface area contributed by atoms with E-state index in [1.165, 1.54) is 37.5 Å². The molecule has 0 aromatic heterocycles. The van der Waals surface area contributed by atoms with E-state index < -0.39 is 11.6 Å². The molecule has 4 aliphatic rings. The molecule has 1 aromatic rings. The predicted molar refractivity (Wildman–Crippen MR) is 78.8 cm³/mol. The summed E-state index contributed by atoms with van der Waals surface area (Å²) in [6, 6.07) is 4.06. The molecule has 1 aromatic carbocycles. The Morgan fingerprint density at radius 2 is 1.48 bits per heavy atom. The van der Waals surface area contributed by atoms with Gasteiger partial charge in [0.15, 0.2) is 0 Å². The number of halogens is 2. The van der Waals surface area contributed by atoms with Crippen LogP contribution in [0.4, 0.5) is 8.78 Å². The van der Waals surface area contributed by atoms with Gasteiger partial charge in [-0.15, -0.1) is 0 Å². The van der Waals surface area contributed by atoms with Crippen LogP contribution in [0.2, 0.25) is 0 Å². The molecule has 0 heterocycles. The third-order valence-corrected chi connectivity index (χ3v) is 6.28. The first kappa shape index (κ1) is 13.7. The van der Waals surface area contributed by atoms with Crippen LogP contribution in [0.1, 0.15) is 50.1 Å². The molecule has 1 nitrogen and oxygen atoms in total. The maximum absolute atomic E-state index is 14.3. The average molecular weight is 291 g/mol. The van der Waals surface area contributed by atoms with Crippen LogP contribution in [0.3, 0.4) is 0 Å². The van der Waals surface area contributed by atoms with Crippen molar-refractivity contribution in [1.82, 2.24) is 5.32 Å². The molecular weight excluding hydrogens is 268 g/mol. The third-order valence-electron chi connectivity index (χ3n) is 6.28. The highest BCUT2D eigenvalue weighted by Crippen LogP contribution is 2.64. The van der Waals surface area contributed by atoms with Gasteiger partial charge in [-0.1, -0.05) is 6.07 Å². The molecule has 4 saturated carbocycles. The molecule has 3 heteroatoms. The lowest BCUT2D eigenvalue weighted by atomic mass is 9.47. The number of rotatable bonds is 3. The van der Waals surface area contributed by atoms with Gasteiger partial charge in [0.2, 0.25) is 0 Å². The van der Waals surface area contributed by atoms with E-state index in [0.717, 1.165) is 37.0 Å². The van der Waals surface area contributed by atoms with Gasteiger partial charge in [0.25, 0.3) is 0 Å². The number of hydrogen-bond donors (Lipinski definition) is 1. The smallest absolute Gasteiger partial charge is 0.130 e. The summed E-state index contributed by atoms with van der Waals surface area (Å²) < 4.78 is 28.6. The minimum Gasteiger partial charge on any atom is -0.312 e. The first-order valence-electron chi connectivity index (χ1n) is 8.22. The normalized spacial score (nSPS) is 38.7. The average Bonchev–Trinajstić information content (AvgIpc) is 2.41. The zero-order valence-corrected chi connectivity index (χ0v) is 12.5. The van der Waals surface area contributed by atoms with Crippen molar-refractivity contribution in [1.29, 1.82) is 0 Å². The second-order valence-electron chi connectivity index (χ2n) is 7.64. The van der Waals surface area contributed by atoms with Crippen LogP contribution in [-0.2, 0) is 0 Å². The Labute approximate surface area is 125 Å². The molecule has 114 valence electrons. The minimum absolute atomic E-state index is 0.0620. The van der Waals surface area contributed by atoms with E-state index in [4.69, 9.17) is 0 Å². The van der Waals surface area contributed by atoms with Gasteiger partial charge in [0.1, 0.15) is 11.6 Å². The molecule has 0 amide bonds. The van der Waals surface area contributed by atoms with Gasteiger partial charge in [0, 0.05) is 11.6 Å². The lowest BCUT2D eigenvalue weighted by Crippen LogP contribution is -2.51. The molecule has 21 heavy (non-hydrogen) atoms. The molecule has 0 radical (unpaired) electrons. The van der Waals surface area contributed by atoms with Crippen molar-refractivity contribution in [2.24, 2.45) is 23.2 Å². The predicted octanol–water partition coefficient (Wildman–Crippen LogP) is 4.44. The third kappa shape index (κ3) is 2.04. The molecule has 0 saturated heterocycles. The Kier molecular flexibility index (Phi) is 3.11. The molecule has 4 aliphatic carbocycles.